The summed E-state index contributed by atoms with van der Waals surface area (Å²) < 4.78 is 5.86. The maximum atomic E-state index is 12.5. The molecule has 1 aliphatic heterocycles. The minimum atomic E-state index is -0.276. The van der Waals surface area contributed by atoms with Crippen LogP contribution in [0.4, 0.5) is 0 Å². The molecule has 2 heterocycles. The van der Waals surface area contributed by atoms with Gasteiger partial charge in [-0.3, -0.25) is 14.6 Å². The average molecular weight is 364 g/mol. The molecule has 0 spiro atoms. The van der Waals surface area contributed by atoms with Crippen LogP contribution in [0.2, 0.25) is 0 Å². The summed E-state index contributed by atoms with van der Waals surface area (Å²) in [6.07, 6.45) is 9.68. The third kappa shape index (κ3) is 3.64. The number of fused-ring (bicyclic) bond motifs is 1. The number of aromatic nitrogens is 2. The van der Waals surface area contributed by atoms with Gasteiger partial charge in [0.1, 0.15) is 5.69 Å². The first kappa shape index (κ1) is 18.1. The van der Waals surface area contributed by atoms with E-state index in [0.29, 0.717) is 17.9 Å². The number of carbonyl (C=O) groups excluding carboxylic acids is 2. The topological polar surface area (TPSA) is 84.4 Å². The Morgan fingerprint density at radius 3 is 2.96 bits per heavy atom. The van der Waals surface area contributed by atoms with Crippen LogP contribution >= 0.6 is 11.8 Å². The van der Waals surface area contributed by atoms with E-state index in [0.717, 1.165) is 25.8 Å². The lowest BCUT2D eigenvalue weighted by molar-refractivity contribution is -0.134. The van der Waals surface area contributed by atoms with Crippen LogP contribution in [0.25, 0.3) is 0 Å². The Balaban J connectivity index is 1.70. The number of rotatable bonds is 5. The summed E-state index contributed by atoms with van der Waals surface area (Å²) in [4.78, 5) is 34.7. The first-order chi connectivity index (χ1) is 12.1. The van der Waals surface area contributed by atoms with Crippen LogP contribution in [0.15, 0.2) is 18.6 Å². The molecule has 0 unspecified atom stereocenters. The average Bonchev–Trinajstić information content (AvgIpc) is 3.02. The van der Waals surface area contributed by atoms with Gasteiger partial charge in [-0.25, -0.2) is 4.98 Å². The summed E-state index contributed by atoms with van der Waals surface area (Å²) in [6, 6.07) is 0.0171. The molecular weight excluding hydrogens is 340 g/mol. The largest absolute Gasteiger partial charge is 0.376 e. The van der Waals surface area contributed by atoms with Gasteiger partial charge in [0.2, 0.25) is 5.91 Å². The number of hydrogen-bond acceptors (Lipinski definition) is 6. The zero-order valence-electron chi connectivity index (χ0n) is 14.6. The van der Waals surface area contributed by atoms with Crippen molar-refractivity contribution in [3.05, 3.63) is 24.3 Å². The summed E-state index contributed by atoms with van der Waals surface area (Å²) in [5, 5.41) is 3.04. The highest BCUT2D eigenvalue weighted by molar-refractivity contribution is 7.99. The van der Waals surface area contributed by atoms with Gasteiger partial charge in [0.15, 0.2) is 0 Å². The normalized spacial score (nSPS) is 28.5. The smallest absolute Gasteiger partial charge is 0.271 e. The second kappa shape index (κ2) is 7.70. The number of methoxy groups -OCH3 is 1. The monoisotopic (exact) mass is 364 g/mol. The van der Waals surface area contributed by atoms with E-state index < -0.39 is 0 Å². The number of ether oxygens (including phenoxy) is 1. The van der Waals surface area contributed by atoms with E-state index in [1.54, 1.807) is 7.11 Å². The van der Waals surface area contributed by atoms with Crippen molar-refractivity contribution in [3.63, 3.8) is 0 Å². The van der Waals surface area contributed by atoms with E-state index in [1.807, 2.05) is 11.2 Å². The number of thioether (sulfide) groups is 1. The van der Waals surface area contributed by atoms with E-state index in [1.165, 1.54) is 30.4 Å². The maximum Gasteiger partial charge on any atom is 0.271 e. The number of amides is 2. The zero-order chi connectivity index (χ0) is 17.9. The minimum absolute atomic E-state index is 0.00506. The molecule has 1 aliphatic carbocycles. The van der Waals surface area contributed by atoms with Crippen molar-refractivity contribution in [2.24, 2.45) is 0 Å². The Kier molecular flexibility index (Phi) is 5.58. The Morgan fingerprint density at radius 1 is 1.44 bits per heavy atom. The van der Waals surface area contributed by atoms with Crippen LogP contribution in [-0.2, 0) is 9.53 Å². The summed E-state index contributed by atoms with van der Waals surface area (Å²) in [6.45, 7) is 0.725. The molecule has 3 atom stereocenters. The Morgan fingerprint density at radius 2 is 2.28 bits per heavy atom. The Labute approximate surface area is 151 Å². The lowest BCUT2D eigenvalue weighted by Gasteiger charge is -2.43. The number of hydrogen-bond donors (Lipinski definition) is 1. The van der Waals surface area contributed by atoms with E-state index in [-0.39, 0.29) is 29.5 Å². The Bertz CT molecular complexity index is 630. The predicted octanol–water partition coefficient (Wildman–Crippen LogP) is 1.11. The number of likely N-dealkylation sites (tertiary alicyclic amines) is 1. The fourth-order valence-corrected chi connectivity index (χ4v) is 4.42. The molecule has 2 aliphatic rings. The lowest BCUT2D eigenvalue weighted by atomic mass is 9.78. The van der Waals surface area contributed by atoms with E-state index in [9.17, 15) is 9.59 Å². The van der Waals surface area contributed by atoms with Crippen molar-refractivity contribution in [3.8, 4) is 0 Å². The molecular formula is C17H24N4O3S. The number of nitrogens with one attached hydrogen (secondary N) is 1. The van der Waals surface area contributed by atoms with Crippen molar-refractivity contribution in [2.45, 2.75) is 43.4 Å². The van der Waals surface area contributed by atoms with E-state index >= 15 is 0 Å². The van der Waals surface area contributed by atoms with Gasteiger partial charge in [-0.05, 0) is 31.9 Å². The molecule has 3 rings (SSSR count). The van der Waals surface area contributed by atoms with Gasteiger partial charge in [0.25, 0.3) is 5.91 Å². The molecule has 25 heavy (non-hydrogen) atoms. The second-order valence-electron chi connectivity index (χ2n) is 6.59. The van der Waals surface area contributed by atoms with Gasteiger partial charge in [-0.1, -0.05) is 0 Å². The second-order valence-corrected chi connectivity index (χ2v) is 7.46. The van der Waals surface area contributed by atoms with Crippen molar-refractivity contribution in [1.82, 2.24) is 20.2 Å². The van der Waals surface area contributed by atoms with Gasteiger partial charge >= 0.3 is 0 Å². The zero-order valence-corrected chi connectivity index (χ0v) is 15.4. The quantitative estimate of drug-likeness (QED) is 0.842. The van der Waals surface area contributed by atoms with Crippen LogP contribution in [-0.4, -0.2) is 70.0 Å². The first-order valence-electron chi connectivity index (χ1n) is 8.50. The third-order valence-electron chi connectivity index (χ3n) is 5.31. The molecule has 7 nitrogen and oxygen atoms in total. The van der Waals surface area contributed by atoms with Crippen LogP contribution in [0.3, 0.4) is 0 Å². The van der Waals surface area contributed by atoms with Gasteiger partial charge in [-0.15, -0.1) is 0 Å². The molecule has 1 N–H and O–H groups in total. The van der Waals surface area contributed by atoms with Crippen LogP contribution in [0, 0.1) is 0 Å². The molecule has 136 valence electrons. The highest BCUT2D eigenvalue weighted by Gasteiger charge is 2.52. The molecule has 1 aromatic rings. The van der Waals surface area contributed by atoms with Crippen molar-refractivity contribution < 1.29 is 14.3 Å². The molecule has 0 bridgehead atoms. The molecule has 2 fully saturated rings. The molecule has 0 radical (unpaired) electrons. The van der Waals surface area contributed by atoms with E-state index in [2.05, 4.69) is 15.3 Å². The summed E-state index contributed by atoms with van der Waals surface area (Å²) in [7, 11) is 1.73. The van der Waals surface area contributed by atoms with E-state index in [4.69, 9.17) is 4.74 Å². The molecule has 0 aromatic carbocycles. The molecule has 1 saturated heterocycles. The fraction of sp³-hybridized carbons (Fsp3) is 0.647. The van der Waals surface area contributed by atoms with Gasteiger partial charge in [-0.2, -0.15) is 11.8 Å². The summed E-state index contributed by atoms with van der Waals surface area (Å²) in [5.41, 5.74) is 0.0368. The number of carbonyl (C=O) groups is 2. The Hall–Kier alpha value is -1.67. The van der Waals surface area contributed by atoms with Gasteiger partial charge in [0, 0.05) is 32.1 Å². The van der Waals surface area contributed by atoms with Gasteiger partial charge in [0.05, 0.1) is 23.6 Å². The van der Waals surface area contributed by atoms with Crippen LogP contribution in [0.5, 0.6) is 0 Å². The van der Waals surface area contributed by atoms with Crippen LogP contribution in [0.1, 0.15) is 36.2 Å². The highest BCUT2D eigenvalue weighted by Crippen LogP contribution is 2.42. The van der Waals surface area contributed by atoms with Crippen molar-refractivity contribution in [1.29, 1.82) is 0 Å². The third-order valence-corrected chi connectivity index (χ3v) is 5.84. The minimum Gasteiger partial charge on any atom is -0.376 e. The summed E-state index contributed by atoms with van der Waals surface area (Å²) in [5.74, 6) is 0.410. The standard InChI is InChI=1S/C17H24N4O3S/c1-24-17-4-3-12(20-16(23)13-10-18-6-7-19-13)9-14(17)21(8-5-17)15(22)11-25-2/h6-7,10,12,14H,3-5,8-9,11H2,1-2H3,(H,20,23)/t12-,14+,17-/m1/s1. The highest BCUT2D eigenvalue weighted by atomic mass is 32.2. The predicted molar refractivity (Wildman–Crippen MR) is 95.4 cm³/mol. The number of nitrogens with zero attached hydrogens (tertiary/aromatic N) is 3. The summed E-state index contributed by atoms with van der Waals surface area (Å²) >= 11 is 1.53. The maximum absolute atomic E-state index is 12.5. The molecule has 1 saturated carbocycles. The molecule has 8 heteroatoms. The molecule has 1 aromatic heterocycles. The van der Waals surface area contributed by atoms with Gasteiger partial charge < -0.3 is 15.0 Å². The SMILES string of the molecule is CO[C@@]12CC[C@@H](NC(=O)c3cnccn3)C[C@@H]1N(C(=O)CSC)CC2. The molecule has 2 amide bonds. The van der Waals surface area contributed by atoms with Crippen molar-refractivity contribution >= 4 is 23.6 Å². The first-order valence-corrected chi connectivity index (χ1v) is 9.89. The van der Waals surface area contributed by atoms with Crippen LogP contribution < -0.4 is 5.32 Å². The lowest BCUT2D eigenvalue weighted by Crippen LogP contribution is -2.56. The van der Waals surface area contributed by atoms with Crippen molar-refractivity contribution in [2.75, 3.05) is 25.7 Å². The fourth-order valence-electron chi connectivity index (χ4n) is 4.01.